The van der Waals surface area contributed by atoms with Gasteiger partial charge in [-0.25, -0.2) is 0 Å². The van der Waals surface area contributed by atoms with Crippen molar-refractivity contribution in [1.29, 1.82) is 0 Å². The van der Waals surface area contributed by atoms with Gasteiger partial charge in [0.25, 0.3) is 0 Å². The third-order valence-electron chi connectivity index (χ3n) is 4.66. The van der Waals surface area contributed by atoms with E-state index in [2.05, 4.69) is 16.7 Å². The molecular formula is C21H24N2O4S. The Hall–Kier alpha value is -2.67. The number of fused-ring (bicyclic) bond motifs is 1. The van der Waals surface area contributed by atoms with Crippen LogP contribution in [0.4, 0.5) is 5.69 Å². The lowest BCUT2D eigenvalue weighted by Gasteiger charge is -2.26. The summed E-state index contributed by atoms with van der Waals surface area (Å²) in [6, 6.07) is 14.9. The third kappa shape index (κ3) is 5.42. The quantitative estimate of drug-likeness (QED) is 0.748. The maximum absolute atomic E-state index is 12.3. The number of hydrogen-bond donors (Lipinski definition) is 2. The molecule has 0 saturated heterocycles. The highest BCUT2D eigenvalue weighted by Crippen LogP contribution is 2.29. The second kappa shape index (κ2) is 9.50. The summed E-state index contributed by atoms with van der Waals surface area (Å²) in [6.45, 7) is 0. The van der Waals surface area contributed by atoms with Crippen molar-refractivity contribution in [2.45, 2.75) is 25.3 Å². The second-order valence-corrected chi connectivity index (χ2v) is 8.17. The molecule has 3 rings (SSSR count). The van der Waals surface area contributed by atoms with E-state index in [0.29, 0.717) is 11.4 Å². The molecule has 0 aromatic heterocycles. The molecule has 0 fully saturated rings. The number of anilines is 1. The van der Waals surface area contributed by atoms with Crippen LogP contribution in [-0.2, 0) is 26.8 Å². The first kappa shape index (κ1) is 20.1. The van der Waals surface area contributed by atoms with E-state index in [9.17, 15) is 13.8 Å². The summed E-state index contributed by atoms with van der Waals surface area (Å²) in [5.41, 5.74) is 2.97. The molecule has 0 spiro atoms. The van der Waals surface area contributed by atoms with Gasteiger partial charge in [-0.2, -0.15) is 0 Å². The molecule has 0 bridgehead atoms. The molecule has 0 heterocycles. The molecule has 2 atom stereocenters. The van der Waals surface area contributed by atoms with Gasteiger partial charge in [0.05, 0.1) is 13.2 Å². The van der Waals surface area contributed by atoms with Gasteiger partial charge in [-0.1, -0.05) is 24.3 Å². The van der Waals surface area contributed by atoms with Crippen LogP contribution in [0.2, 0.25) is 0 Å². The van der Waals surface area contributed by atoms with Gasteiger partial charge in [-0.05, 0) is 54.7 Å². The summed E-state index contributed by atoms with van der Waals surface area (Å²) < 4.78 is 17.3. The molecule has 2 aromatic carbocycles. The number of amides is 2. The Labute approximate surface area is 167 Å². The molecule has 0 unspecified atom stereocenters. The van der Waals surface area contributed by atoms with Gasteiger partial charge in [0.15, 0.2) is 0 Å². The average Bonchev–Trinajstić information content (AvgIpc) is 2.68. The van der Waals surface area contributed by atoms with Gasteiger partial charge in [0, 0.05) is 16.5 Å². The van der Waals surface area contributed by atoms with Gasteiger partial charge in [0.1, 0.15) is 17.3 Å². The summed E-state index contributed by atoms with van der Waals surface area (Å²) in [4.78, 5) is 24.3. The smallest absolute Gasteiger partial charge is 0.237 e. The normalized spacial score (nSPS) is 16.5. The van der Waals surface area contributed by atoms with Crippen LogP contribution in [0, 0.1) is 0 Å². The van der Waals surface area contributed by atoms with E-state index in [0.717, 1.165) is 24.8 Å². The van der Waals surface area contributed by atoms with Crippen molar-refractivity contribution in [2.75, 3.05) is 23.9 Å². The van der Waals surface area contributed by atoms with E-state index >= 15 is 0 Å². The van der Waals surface area contributed by atoms with E-state index in [-0.39, 0.29) is 29.4 Å². The van der Waals surface area contributed by atoms with Crippen LogP contribution in [0.15, 0.2) is 48.5 Å². The summed E-state index contributed by atoms with van der Waals surface area (Å²) >= 11 is 0. The van der Waals surface area contributed by atoms with Crippen LogP contribution in [0.5, 0.6) is 5.75 Å². The molecule has 148 valence electrons. The lowest BCUT2D eigenvalue weighted by Crippen LogP contribution is -2.35. The predicted molar refractivity (Wildman–Crippen MR) is 110 cm³/mol. The second-order valence-electron chi connectivity index (χ2n) is 6.72. The Morgan fingerprint density at radius 2 is 1.79 bits per heavy atom. The molecule has 1 aliphatic carbocycles. The fraction of sp³-hybridized carbons (Fsp3) is 0.333. The summed E-state index contributed by atoms with van der Waals surface area (Å²) in [5.74, 6) is -0.408. The van der Waals surface area contributed by atoms with Gasteiger partial charge in [-0.15, -0.1) is 0 Å². The molecule has 2 amide bonds. The number of carbonyl (C=O) groups is 2. The van der Waals surface area contributed by atoms with Crippen LogP contribution < -0.4 is 15.4 Å². The standard InChI is InChI=1S/C21H24N2O4S/c1-27-17-11-9-16(10-12-17)22-20(24)13-28(26)14-21(25)23-19-8-4-6-15-5-2-3-7-18(15)19/h2-3,5,7,9-12,19H,4,6,8,13-14H2,1H3,(H,22,24)(H,23,25)/t19-,28+/m1/s1. The Kier molecular flexibility index (Phi) is 6.81. The number of nitrogens with one attached hydrogen (secondary N) is 2. The van der Waals surface area contributed by atoms with E-state index in [1.165, 1.54) is 5.56 Å². The van der Waals surface area contributed by atoms with Crippen molar-refractivity contribution in [1.82, 2.24) is 5.32 Å². The predicted octanol–water partition coefficient (Wildman–Crippen LogP) is 2.58. The molecule has 7 heteroatoms. The largest absolute Gasteiger partial charge is 0.497 e. The van der Waals surface area contributed by atoms with Gasteiger partial charge in [-0.3, -0.25) is 13.8 Å². The zero-order valence-electron chi connectivity index (χ0n) is 15.8. The Morgan fingerprint density at radius 3 is 2.54 bits per heavy atom. The summed E-state index contributed by atoms with van der Waals surface area (Å²) in [6.07, 6.45) is 2.89. The lowest BCUT2D eigenvalue weighted by molar-refractivity contribution is -0.119. The van der Waals surface area contributed by atoms with Crippen LogP contribution in [0.1, 0.15) is 30.0 Å². The fourth-order valence-electron chi connectivity index (χ4n) is 3.35. The Bertz CT molecular complexity index is 867. The highest BCUT2D eigenvalue weighted by atomic mass is 32.2. The highest BCUT2D eigenvalue weighted by molar-refractivity contribution is 7.86. The summed E-state index contributed by atoms with van der Waals surface area (Å²) in [5, 5.41) is 5.64. The van der Waals surface area contributed by atoms with Crippen LogP contribution in [-0.4, -0.2) is 34.6 Å². The Morgan fingerprint density at radius 1 is 1.07 bits per heavy atom. The van der Waals surface area contributed by atoms with Crippen molar-refractivity contribution >= 4 is 28.3 Å². The van der Waals surface area contributed by atoms with Crippen LogP contribution >= 0.6 is 0 Å². The number of ether oxygens (including phenoxy) is 1. The molecule has 2 aromatic rings. The number of carbonyl (C=O) groups excluding carboxylic acids is 2. The maximum atomic E-state index is 12.3. The molecule has 2 N–H and O–H groups in total. The number of rotatable bonds is 7. The fourth-order valence-corrected chi connectivity index (χ4v) is 4.20. The van der Waals surface area contributed by atoms with Crippen molar-refractivity contribution in [2.24, 2.45) is 0 Å². The zero-order valence-corrected chi connectivity index (χ0v) is 16.6. The minimum Gasteiger partial charge on any atom is -0.497 e. The maximum Gasteiger partial charge on any atom is 0.237 e. The van der Waals surface area contributed by atoms with Crippen molar-refractivity contribution < 1.29 is 18.5 Å². The lowest BCUT2D eigenvalue weighted by atomic mass is 9.88. The van der Waals surface area contributed by atoms with Crippen molar-refractivity contribution in [3.63, 3.8) is 0 Å². The average molecular weight is 401 g/mol. The molecule has 0 saturated carbocycles. The zero-order chi connectivity index (χ0) is 19.9. The van der Waals surface area contributed by atoms with E-state index in [1.54, 1.807) is 31.4 Å². The number of methoxy groups -OCH3 is 1. The number of benzene rings is 2. The molecule has 0 radical (unpaired) electrons. The molecule has 1 aliphatic rings. The number of aryl methyl sites for hydroxylation is 1. The van der Waals surface area contributed by atoms with Gasteiger partial charge < -0.3 is 15.4 Å². The first-order chi connectivity index (χ1) is 13.5. The van der Waals surface area contributed by atoms with Crippen LogP contribution in [0.25, 0.3) is 0 Å². The topological polar surface area (TPSA) is 84.5 Å². The van der Waals surface area contributed by atoms with Gasteiger partial charge in [0.2, 0.25) is 11.8 Å². The van der Waals surface area contributed by atoms with Gasteiger partial charge >= 0.3 is 0 Å². The first-order valence-corrected chi connectivity index (χ1v) is 10.7. The van der Waals surface area contributed by atoms with Crippen molar-refractivity contribution in [3.05, 3.63) is 59.7 Å². The van der Waals surface area contributed by atoms with E-state index in [4.69, 9.17) is 4.74 Å². The van der Waals surface area contributed by atoms with Crippen molar-refractivity contribution in [3.8, 4) is 5.75 Å². The monoisotopic (exact) mass is 400 g/mol. The minimum atomic E-state index is -1.57. The first-order valence-electron chi connectivity index (χ1n) is 9.21. The SMILES string of the molecule is COc1ccc(NC(=O)C[S@](=O)CC(=O)N[C@@H]2CCCc3ccccc32)cc1. The third-order valence-corrected chi connectivity index (χ3v) is 5.83. The van der Waals surface area contributed by atoms with E-state index in [1.807, 2.05) is 18.2 Å². The Balaban J connectivity index is 1.48. The minimum absolute atomic E-state index is 0.0532. The van der Waals surface area contributed by atoms with Crippen LogP contribution in [0.3, 0.4) is 0 Å². The molecule has 28 heavy (non-hydrogen) atoms. The molecule has 6 nitrogen and oxygen atoms in total. The highest BCUT2D eigenvalue weighted by Gasteiger charge is 2.22. The van der Waals surface area contributed by atoms with E-state index < -0.39 is 10.8 Å². The summed E-state index contributed by atoms with van der Waals surface area (Å²) in [7, 11) is -0.00757. The molecule has 0 aliphatic heterocycles. The molecular weight excluding hydrogens is 376 g/mol. The number of hydrogen-bond acceptors (Lipinski definition) is 4.